The maximum absolute atomic E-state index is 3.59. The van der Waals surface area contributed by atoms with Crippen molar-refractivity contribution in [2.45, 2.75) is 34.0 Å². The number of allylic oxidation sites excluding steroid dienone is 4. The summed E-state index contributed by atoms with van der Waals surface area (Å²) >= 11 is 5.49. The summed E-state index contributed by atoms with van der Waals surface area (Å²) in [5.41, 5.74) is 12.3. The van der Waals surface area contributed by atoms with Crippen molar-refractivity contribution < 1.29 is 3.04 Å². The third-order valence-corrected chi connectivity index (χ3v) is 14.1. The average Bonchev–Trinajstić information content (AvgIpc) is 1.97. The number of hydrogen-bond acceptors (Lipinski definition) is 0. The Morgan fingerprint density at radius 2 is 1.54 bits per heavy atom. The van der Waals surface area contributed by atoms with Crippen LogP contribution in [0.1, 0.15) is 6.42 Å². The first-order chi connectivity index (χ1) is 5.00. The van der Waals surface area contributed by atoms with E-state index in [1.165, 1.54) is 0 Å². The average molecular weight is 497 g/mol. The standard InChI is InChI=1S/C5H5.5CH3.2HI.Rh/c1-2-4-5-3-1;;;;;;;;/h1-3H,4H2;5*1H3;2*1H;/q;;;;;;;;+2/p-2. The molecule has 0 aromatic rings. The van der Waals surface area contributed by atoms with Crippen molar-refractivity contribution in [1.82, 2.24) is 0 Å². The zero-order valence-corrected chi connectivity index (χ0v) is 15.0. The van der Waals surface area contributed by atoms with Crippen molar-refractivity contribution in [2.24, 2.45) is 0 Å². The summed E-state index contributed by atoms with van der Waals surface area (Å²) in [6.45, 7) is 0. The van der Waals surface area contributed by atoms with Crippen LogP contribution in [0.2, 0.25) is 27.6 Å². The van der Waals surface area contributed by atoms with Gasteiger partial charge < -0.3 is 0 Å². The molecule has 0 spiro atoms. The van der Waals surface area contributed by atoms with Crippen LogP contribution in [0, 0.1) is 0 Å². The second kappa shape index (κ2) is 1.60. The molecule has 0 unspecified atom stereocenters. The Labute approximate surface area is 97.5 Å². The van der Waals surface area contributed by atoms with Crippen LogP contribution in [0.5, 0.6) is 0 Å². The van der Waals surface area contributed by atoms with Crippen molar-refractivity contribution in [3.63, 3.8) is 0 Å². The molecule has 1 aliphatic rings. The van der Waals surface area contributed by atoms with Gasteiger partial charge in [0.25, 0.3) is 0 Å². The Balaban J connectivity index is 3.65. The van der Waals surface area contributed by atoms with Crippen LogP contribution in [0.3, 0.4) is 0 Å². The van der Waals surface area contributed by atoms with Gasteiger partial charge in [-0.2, -0.15) is 0 Å². The predicted octanol–water partition coefficient (Wildman–Crippen LogP) is 6.07. The topological polar surface area (TPSA) is 0 Å². The predicted molar refractivity (Wildman–Crippen MR) is 79.2 cm³/mol. The molecule has 0 saturated carbocycles. The molecule has 0 heterocycles. The summed E-state index contributed by atoms with van der Waals surface area (Å²) < 4.78 is -1.99. The van der Waals surface area contributed by atoms with Crippen molar-refractivity contribution in [2.75, 3.05) is 0 Å². The first kappa shape index (κ1) is 12.6. The molecule has 83 valence electrons. The zero-order valence-electron chi connectivity index (χ0n) is 9.03. The molecule has 1 rings (SSSR count). The van der Waals surface area contributed by atoms with E-state index in [2.05, 4.69) is 85.3 Å². The third-order valence-electron chi connectivity index (χ3n) is 1.94. The fourth-order valence-electron chi connectivity index (χ4n) is 1.12. The van der Waals surface area contributed by atoms with E-state index in [0.29, 0.717) is 0 Å². The molecule has 3 heteroatoms. The minimum absolute atomic E-state index is 1.12. The van der Waals surface area contributed by atoms with E-state index in [1.807, 2.05) is 0 Å². The van der Waals surface area contributed by atoms with Gasteiger partial charge in [0.1, 0.15) is 0 Å². The second-order valence-electron chi connectivity index (χ2n) is 6.82. The molecule has 0 amide bonds. The SMILES string of the molecule is [CH3][Rh]([CH3])([CH3])([CH3])([CH3])([I])([I])[C]1=CC=CC1. The molecular formula is C10H20I2Rh. The molecule has 0 saturated heterocycles. The van der Waals surface area contributed by atoms with Crippen molar-refractivity contribution in [3.05, 3.63) is 22.4 Å². The van der Waals surface area contributed by atoms with Gasteiger partial charge in [-0.25, -0.2) is 0 Å². The number of hydrogen-bond donors (Lipinski definition) is 0. The molecule has 0 atom stereocenters. The van der Waals surface area contributed by atoms with Gasteiger partial charge in [-0.1, -0.05) is 0 Å². The molecule has 13 heavy (non-hydrogen) atoms. The quantitative estimate of drug-likeness (QED) is 0.305. The first-order valence-electron chi connectivity index (χ1n) is 3.80. The molecule has 0 aliphatic heterocycles. The van der Waals surface area contributed by atoms with E-state index in [9.17, 15) is 0 Å². The van der Waals surface area contributed by atoms with Gasteiger partial charge >= 0.3 is 99.0 Å². The molecule has 0 bridgehead atoms. The van der Waals surface area contributed by atoms with Crippen LogP contribution in [0.25, 0.3) is 0 Å². The summed E-state index contributed by atoms with van der Waals surface area (Å²) in [7, 11) is 0. The monoisotopic (exact) mass is 497 g/mol. The van der Waals surface area contributed by atoms with Gasteiger partial charge in [0.2, 0.25) is 0 Å². The Morgan fingerprint density at radius 1 is 1.08 bits per heavy atom. The van der Waals surface area contributed by atoms with E-state index in [-0.39, 0.29) is 0 Å². The molecule has 0 aromatic carbocycles. The fraction of sp³-hybridized carbons (Fsp3) is 0.600. The number of halogens is 2. The van der Waals surface area contributed by atoms with Crippen LogP contribution in [0.15, 0.2) is 22.4 Å². The zero-order chi connectivity index (χ0) is 10.8. The maximum atomic E-state index is 2.75. The summed E-state index contributed by atoms with van der Waals surface area (Å²) in [6.07, 6.45) is 7.88. The van der Waals surface area contributed by atoms with Crippen molar-refractivity contribution >= 4 is 39.5 Å². The van der Waals surface area contributed by atoms with Gasteiger partial charge in [-0.3, -0.25) is 0 Å². The van der Waals surface area contributed by atoms with Crippen LogP contribution < -0.4 is 0 Å². The Bertz CT molecular complexity index is 344. The second-order valence-corrected chi connectivity index (χ2v) is 94.6. The molecule has 0 radical (unpaired) electrons. The van der Waals surface area contributed by atoms with E-state index >= 15 is 0 Å². The van der Waals surface area contributed by atoms with Gasteiger partial charge in [0, 0.05) is 0 Å². The molecular weight excluding hydrogens is 477 g/mol. The Hall–Kier alpha value is 1.56. The van der Waals surface area contributed by atoms with E-state index < -0.39 is 3.04 Å². The van der Waals surface area contributed by atoms with Gasteiger partial charge in [0.15, 0.2) is 0 Å². The molecule has 1 aliphatic carbocycles. The van der Waals surface area contributed by atoms with E-state index in [4.69, 9.17) is 0 Å². The number of rotatable bonds is 1. The fourth-order valence-corrected chi connectivity index (χ4v) is 8.13. The van der Waals surface area contributed by atoms with Crippen LogP contribution >= 0.6 is 39.5 Å². The van der Waals surface area contributed by atoms with Crippen molar-refractivity contribution in [3.8, 4) is 0 Å². The van der Waals surface area contributed by atoms with Crippen LogP contribution in [0.4, 0.5) is 0 Å². The normalized spacial score (nSPS) is 29.6. The summed E-state index contributed by atoms with van der Waals surface area (Å²) in [6, 6.07) is 0. The van der Waals surface area contributed by atoms with E-state index in [1.54, 1.807) is 4.17 Å². The van der Waals surface area contributed by atoms with Gasteiger partial charge in [-0.05, 0) is 0 Å². The van der Waals surface area contributed by atoms with Crippen LogP contribution in [-0.2, 0) is 3.04 Å². The third kappa shape index (κ3) is 3.56. The molecule has 0 fully saturated rings. The first-order valence-corrected chi connectivity index (χ1v) is 22.6. The summed E-state index contributed by atoms with van der Waals surface area (Å²) in [4.78, 5) is 0. The minimum atomic E-state index is -3.59. The van der Waals surface area contributed by atoms with E-state index in [0.717, 1.165) is 6.42 Å². The van der Waals surface area contributed by atoms with Gasteiger partial charge in [-0.15, -0.1) is 0 Å². The molecule has 0 nitrogen and oxygen atoms in total. The van der Waals surface area contributed by atoms with Crippen molar-refractivity contribution in [1.29, 1.82) is 0 Å². The Kier molecular flexibility index (Phi) is 1.56. The van der Waals surface area contributed by atoms with Gasteiger partial charge in [0.05, 0.1) is 0 Å². The Morgan fingerprint density at radius 3 is 1.69 bits per heavy atom. The molecule has 0 N–H and O–H groups in total. The summed E-state index contributed by atoms with van der Waals surface area (Å²) in [5, 5.41) is 0. The molecule has 0 aromatic heterocycles. The van der Waals surface area contributed by atoms with Crippen LogP contribution in [-0.4, -0.2) is 0 Å². The summed E-state index contributed by atoms with van der Waals surface area (Å²) in [5.74, 6) is 0.